The van der Waals surface area contributed by atoms with Gasteiger partial charge in [0.1, 0.15) is 11.4 Å². The fourth-order valence-corrected chi connectivity index (χ4v) is 2.66. The van der Waals surface area contributed by atoms with Crippen LogP contribution in [0.5, 0.6) is 0 Å². The van der Waals surface area contributed by atoms with Gasteiger partial charge in [-0.3, -0.25) is 14.7 Å². The third-order valence-electron chi connectivity index (χ3n) is 3.68. The minimum atomic E-state index is -0.829. The number of aromatic nitrogens is 1. The number of likely N-dealkylation sites (tertiary alicyclic amines) is 1. The van der Waals surface area contributed by atoms with E-state index in [0.29, 0.717) is 25.1 Å². The molecular weight excluding hydrogens is 249 g/mol. The van der Waals surface area contributed by atoms with Crippen molar-refractivity contribution in [1.29, 1.82) is 0 Å². The first kappa shape index (κ1) is 13.9. The molecule has 0 saturated carbocycles. The zero-order chi connectivity index (χ0) is 13.9. The molecular formula is C13H18FN3O2. The highest BCUT2D eigenvalue weighted by Gasteiger charge is 2.46. The molecule has 19 heavy (non-hydrogen) atoms. The van der Waals surface area contributed by atoms with Gasteiger partial charge in [0.25, 0.3) is 0 Å². The van der Waals surface area contributed by atoms with Crippen LogP contribution in [-0.2, 0) is 16.1 Å². The Hall–Kier alpha value is -1.53. The maximum absolute atomic E-state index is 13.6. The van der Waals surface area contributed by atoms with Gasteiger partial charge in [-0.15, -0.1) is 0 Å². The maximum atomic E-state index is 13.6. The molecule has 1 aromatic heterocycles. The van der Waals surface area contributed by atoms with E-state index in [4.69, 9.17) is 10.5 Å². The quantitative estimate of drug-likeness (QED) is 0.852. The Kier molecular flexibility index (Phi) is 4.11. The molecule has 1 aliphatic rings. The highest BCUT2D eigenvalue weighted by atomic mass is 19.1. The molecule has 104 valence electrons. The zero-order valence-corrected chi connectivity index (χ0v) is 10.9. The van der Waals surface area contributed by atoms with Gasteiger partial charge >= 0.3 is 0 Å². The number of nitrogens with two attached hydrogens (primary N) is 1. The molecule has 0 aromatic carbocycles. The van der Waals surface area contributed by atoms with Gasteiger partial charge < -0.3 is 10.5 Å². The minimum Gasteiger partial charge on any atom is -0.382 e. The number of nitrogens with zero attached hydrogens (tertiary/aromatic N) is 2. The van der Waals surface area contributed by atoms with Gasteiger partial charge in [-0.1, -0.05) is 0 Å². The maximum Gasteiger partial charge on any atom is 0.240 e. The van der Waals surface area contributed by atoms with Gasteiger partial charge in [-0.05, 0) is 25.5 Å². The molecule has 1 aliphatic heterocycles. The number of rotatable bonds is 5. The van der Waals surface area contributed by atoms with Crippen molar-refractivity contribution in [3.05, 3.63) is 29.8 Å². The van der Waals surface area contributed by atoms with E-state index in [1.165, 1.54) is 19.5 Å². The topological polar surface area (TPSA) is 68.5 Å². The smallest absolute Gasteiger partial charge is 0.240 e. The van der Waals surface area contributed by atoms with Gasteiger partial charge in [-0.2, -0.15) is 0 Å². The van der Waals surface area contributed by atoms with Gasteiger partial charge in [0.05, 0.1) is 12.8 Å². The number of hydrogen-bond acceptors (Lipinski definition) is 4. The van der Waals surface area contributed by atoms with E-state index < -0.39 is 11.4 Å². The number of ether oxygens (including phenoxy) is 1. The van der Waals surface area contributed by atoms with Crippen LogP contribution in [-0.4, -0.2) is 41.6 Å². The van der Waals surface area contributed by atoms with Crippen LogP contribution in [0.25, 0.3) is 0 Å². The van der Waals surface area contributed by atoms with Crippen molar-refractivity contribution < 1.29 is 13.9 Å². The predicted molar refractivity (Wildman–Crippen MR) is 67.6 cm³/mol. The Morgan fingerprint density at radius 2 is 2.47 bits per heavy atom. The molecule has 0 aliphatic carbocycles. The second-order valence-electron chi connectivity index (χ2n) is 4.82. The van der Waals surface area contributed by atoms with E-state index >= 15 is 0 Å². The van der Waals surface area contributed by atoms with E-state index in [0.717, 1.165) is 6.42 Å². The summed E-state index contributed by atoms with van der Waals surface area (Å²) in [7, 11) is 1.54. The Morgan fingerprint density at radius 3 is 3.11 bits per heavy atom. The molecule has 1 unspecified atom stereocenters. The first-order valence-electron chi connectivity index (χ1n) is 6.22. The third-order valence-corrected chi connectivity index (χ3v) is 3.68. The average molecular weight is 267 g/mol. The molecule has 0 radical (unpaired) electrons. The monoisotopic (exact) mass is 267 g/mol. The average Bonchev–Trinajstić information content (AvgIpc) is 2.77. The van der Waals surface area contributed by atoms with Crippen LogP contribution in [0.1, 0.15) is 18.4 Å². The van der Waals surface area contributed by atoms with Gasteiger partial charge in [0, 0.05) is 25.4 Å². The number of hydrogen-bond donors (Lipinski definition) is 1. The first-order valence-corrected chi connectivity index (χ1v) is 6.22. The van der Waals surface area contributed by atoms with E-state index in [-0.39, 0.29) is 12.4 Å². The molecule has 6 heteroatoms. The molecule has 1 saturated heterocycles. The predicted octanol–water partition coefficient (Wildman–Crippen LogP) is 0.687. The van der Waals surface area contributed by atoms with Crippen molar-refractivity contribution in [1.82, 2.24) is 9.88 Å². The Labute approximate surface area is 111 Å². The van der Waals surface area contributed by atoms with Gasteiger partial charge in [-0.25, -0.2) is 4.39 Å². The normalized spacial score (nSPS) is 23.7. The summed E-state index contributed by atoms with van der Waals surface area (Å²) in [5, 5.41) is 0. The fourth-order valence-electron chi connectivity index (χ4n) is 2.66. The van der Waals surface area contributed by atoms with Crippen molar-refractivity contribution in [2.24, 2.45) is 5.73 Å². The number of carbonyl (C=O) groups is 1. The van der Waals surface area contributed by atoms with Crippen molar-refractivity contribution in [3.63, 3.8) is 0 Å². The van der Waals surface area contributed by atoms with Crippen molar-refractivity contribution in [3.8, 4) is 0 Å². The van der Waals surface area contributed by atoms with Crippen LogP contribution in [0.4, 0.5) is 4.39 Å². The summed E-state index contributed by atoms with van der Waals surface area (Å²) < 4.78 is 18.8. The summed E-state index contributed by atoms with van der Waals surface area (Å²) in [5.41, 5.74) is 5.22. The minimum absolute atomic E-state index is 0.231. The second-order valence-corrected chi connectivity index (χ2v) is 4.82. The molecule has 1 aromatic rings. The van der Waals surface area contributed by atoms with Crippen molar-refractivity contribution in [2.75, 3.05) is 20.3 Å². The molecule has 2 N–H and O–H groups in total. The molecule has 2 rings (SSSR count). The van der Waals surface area contributed by atoms with Crippen LogP contribution in [0.15, 0.2) is 18.5 Å². The Balaban J connectivity index is 2.23. The number of methoxy groups -OCH3 is 1. The van der Waals surface area contributed by atoms with Gasteiger partial charge in [0.2, 0.25) is 5.91 Å². The summed E-state index contributed by atoms with van der Waals surface area (Å²) in [5.74, 6) is -0.786. The highest BCUT2D eigenvalue weighted by molar-refractivity contribution is 5.85. The number of carbonyl (C=O) groups excluding carboxylic acids is 1. The standard InChI is InChI=1S/C13H18FN3O2/c1-19-9-13(12(15)18)4-2-6-17(13)8-10-3-5-16-7-11(10)14/h3,5,7H,2,4,6,8-9H2,1H3,(H2,15,18). The summed E-state index contributed by atoms with van der Waals surface area (Å²) in [6, 6.07) is 1.62. The van der Waals surface area contributed by atoms with Crippen LogP contribution in [0.3, 0.4) is 0 Å². The van der Waals surface area contributed by atoms with Crippen LogP contribution >= 0.6 is 0 Å². The van der Waals surface area contributed by atoms with Crippen molar-refractivity contribution in [2.45, 2.75) is 24.9 Å². The number of pyridine rings is 1. The molecule has 2 heterocycles. The zero-order valence-electron chi connectivity index (χ0n) is 10.9. The van der Waals surface area contributed by atoms with E-state index in [2.05, 4.69) is 4.98 Å². The van der Waals surface area contributed by atoms with E-state index in [1.54, 1.807) is 6.07 Å². The Morgan fingerprint density at radius 1 is 1.68 bits per heavy atom. The Bertz CT molecular complexity index is 469. The number of primary amides is 1. The number of amides is 1. The number of halogens is 1. The molecule has 1 fully saturated rings. The SMILES string of the molecule is COCC1(C(N)=O)CCCN1Cc1ccncc1F. The largest absolute Gasteiger partial charge is 0.382 e. The third kappa shape index (κ3) is 2.59. The molecule has 0 bridgehead atoms. The lowest BCUT2D eigenvalue weighted by Gasteiger charge is -2.35. The summed E-state index contributed by atoms with van der Waals surface area (Å²) in [6.45, 7) is 1.27. The van der Waals surface area contributed by atoms with Gasteiger partial charge in [0.15, 0.2) is 0 Å². The van der Waals surface area contributed by atoms with E-state index in [1.807, 2.05) is 4.90 Å². The van der Waals surface area contributed by atoms with Crippen LogP contribution in [0, 0.1) is 5.82 Å². The summed E-state index contributed by atoms with van der Waals surface area (Å²) in [6.07, 6.45) is 4.20. The molecule has 1 atom stereocenters. The van der Waals surface area contributed by atoms with E-state index in [9.17, 15) is 9.18 Å². The summed E-state index contributed by atoms with van der Waals surface area (Å²) >= 11 is 0. The lowest BCUT2D eigenvalue weighted by molar-refractivity contribution is -0.132. The van der Waals surface area contributed by atoms with Crippen molar-refractivity contribution >= 4 is 5.91 Å². The lowest BCUT2D eigenvalue weighted by Crippen LogP contribution is -2.56. The first-order chi connectivity index (χ1) is 9.10. The van der Waals surface area contributed by atoms with Crippen LogP contribution < -0.4 is 5.73 Å². The lowest BCUT2D eigenvalue weighted by atomic mass is 9.96. The highest BCUT2D eigenvalue weighted by Crippen LogP contribution is 2.31. The summed E-state index contributed by atoms with van der Waals surface area (Å²) in [4.78, 5) is 17.4. The molecule has 1 amide bonds. The molecule has 0 spiro atoms. The fraction of sp³-hybridized carbons (Fsp3) is 0.538. The van der Waals surface area contributed by atoms with Crippen LogP contribution in [0.2, 0.25) is 0 Å². The molecule has 5 nitrogen and oxygen atoms in total. The second kappa shape index (κ2) is 5.63.